The Labute approximate surface area is 116 Å². The number of nitrogens with two attached hydrogens (primary N) is 1. The molecule has 0 bridgehead atoms. The first-order valence-corrected chi connectivity index (χ1v) is 7.22. The second kappa shape index (κ2) is 6.89. The zero-order chi connectivity index (χ0) is 15.3. The molecule has 112 valence electrons. The van der Waals surface area contributed by atoms with Gasteiger partial charge >= 0.3 is 0 Å². The quantitative estimate of drug-likeness (QED) is 0.722. The molecule has 0 aliphatic carbocycles. The fourth-order valence-electron chi connectivity index (χ4n) is 1.63. The lowest BCUT2D eigenvalue weighted by atomic mass is 10.2. The molecule has 1 rings (SSSR count). The summed E-state index contributed by atoms with van der Waals surface area (Å²) in [5, 5.41) is 8.87. The fraction of sp³-hybridized carbons (Fsp3) is 0.333. The number of sulfonamides is 1. The van der Waals surface area contributed by atoms with Crippen LogP contribution in [-0.4, -0.2) is 37.5 Å². The van der Waals surface area contributed by atoms with Crippen LogP contribution in [0.1, 0.15) is 5.56 Å². The van der Waals surface area contributed by atoms with Crippen molar-refractivity contribution in [2.24, 2.45) is 5.73 Å². The highest BCUT2D eigenvalue weighted by atomic mass is 32.2. The van der Waals surface area contributed by atoms with E-state index in [1.807, 2.05) is 0 Å². The number of aliphatic hydroxyl groups is 1. The lowest BCUT2D eigenvalue weighted by Gasteiger charge is -2.20. The number of hydrogen-bond donors (Lipinski definition) is 2. The number of hydrogen-bond acceptors (Lipinski definition) is 4. The number of nitrogens with zero attached hydrogens (tertiary/aromatic N) is 1. The van der Waals surface area contributed by atoms with E-state index < -0.39 is 33.2 Å². The van der Waals surface area contributed by atoms with Gasteiger partial charge in [0.15, 0.2) is 11.6 Å². The van der Waals surface area contributed by atoms with Gasteiger partial charge in [-0.2, -0.15) is 4.31 Å². The van der Waals surface area contributed by atoms with Gasteiger partial charge in [0.2, 0.25) is 10.0 Å². The molecule has 0 aliphatic heterocycles. The Morgan fingerprint density at radius 1 is 1.40 bits per heavy atom. The minimum Gasteiger partial charge on any atom is -0.395 e. The van der Waals surface area contributed by atoms with E-state index in [1.165, 1.54) is 6.08 Å². The van der Waals surface area contributed by atoms with Gasteiger partial charge in [0.1, 0.15) is 4.90 Å². The predicted octanol–water partition coefficient (Wildman–Crippen LogP) is 0.592. The molecule has 0 unspecified atom stereocenters. The molecule has 1 aromatic rings. The summed E-state index contributed by atoms with van der Waals surface area (Å²) in [4.78, 5) is -0.798. The van der Waals surface area contributed by atoms with Crippen molar-refractivity contribution >= 4 is 10.0 Å². The van der Waals surface area contributed by atoms with Crippen LogP contribution in [0.3, 0.4) is 0 Å². The molecule has 0 aromatic heterocycles. The lowest BCUT2D eigenvalue weighted by Crippen LogP contribution is -2.34. The summed E-state index contributed by atoms with van der Waals surface area (Å²) in [5.41, 5.74) is 5.48. The van der Waals surface area contributed by atoms with Crippen molar-refractivity contribution in [3.63, 3.8) is 0 Å². The van der Waals surface area contributed by atoms with Crippen molar-refractivity contribution in [3.8, 4) is 0 Å². The van der Waals surface area contributed by atoms with E-state index in [0.29, 0.717) is 0 Å². The highest BCUT2D eigenvalue weighted by Gasteiger charge is 2.28. The molecule has 20 heavy (non-hydrogen) atoms. The van der Waals surface area contributed by atoms with Gasteiger partial charge in [-0.15, -0.1) is 6.58 Å². The molecule has 0 spiro atoms. The summed E-state index contributed by atoms with van der Waals surface area (Å²) in [5.74, 6) is -2.75. The van der Waals surface area contributed by atoms with E-state index in [4.69, 9.17) is 10.8 Å². The second-order valence-corrected chi connectivity index (χ2v) is 5.88. The first kappa shape index (κ1) is 16.7. The van der Waals surface area contributed by atoms with Crippen LogP contribution in [0, 0.1) is 11.6 Å². The van der Waals surface area contributed by atoms with Crippen molar-refractivity contribution in [2.45, 2.75) is 11.4 Å². The summed E-state index contributed by atoms with van der Waals surface area (Å²) in [6.45, 7) is 2.44. The predicted molar refractivity (Wildman–Crippen MR) is 70.3 cm³/mol. The molecule has 3 N–H and O–H groups in total. The van der Waals surface area contributed by atoms with Gasteiger partial charge in [-0.3, -0.25) is 0 Å². The van der Waals surface area contributed by atoms with E-state index in [9.17, 15) is 17.2 Å². The molecule has 0 amide bonds. The average Bonchev–Trinajstić information content (AvgIpc) is 2.41. The van der Waals surface area contributed by atoms with Crippen molar-refractivity contribution in [3.05, 3.63) is 42.0 Å². The number of benzene rings is 1. The van der Waals surface area contributed by atoms with Crippen LogP contribution < -0.4 is 5.73 Å². The monoisotopic (exact) mass is 306 g/mol. The standard InChI is InChI=1S/C12H16F2N2O3S/c1-2-3-16(4-5-17)20(18,19)11-7-9(8-15)6-10(13)12(11)14/h2,6-7,17H,1,3-5,8,15H2. The van der Waals surface area contributed by atoms with Gasteiger partial charge in [0, 0.05) is 19.6 Å². The van der Waals surface area contributed by atoms with Crippen molar-refractivity contribution in [1.82, 2.24) is 4.31 Å². The summed E-state index contributed by atoms with van der Waals surface area (Å²) >= 11 is 0. The van der Waals surface area contributed by atoms with E-state index >= 15 is 0 Å². The van der Waals surface area contributed by atoms with Crippen LogP contribution in [-0.2, 0) is 16.6 Å². The van der Waals surface area contributed by atoms with Gasteiger partial charge < -0.3 is 10.8 Å². The second-order valence-electron chi connectivity index (χ2n) is 3.97. The third-order valence-corrected chi connectivity index (χ3v) is 4.45. The maximum atomic E-state index is 13.7. The summed E-state index contributed by atoms with van der Waals surface area (Å²) in [6.07, 6.45) is 1.29. The summed E-state index contributed by atoms with van der Waals surface area (Å²) < 4.78 is 52.5. The van der Waals surface area contributed by atoms with E-state index in [2.05, 4.69) is 6.58 Å². The third kappa shape index (κ3) is 3.40. The van der Waals surface area contributed by atoms with Crippen molar-refractivity contribution in [1.29, 1.82) is 0 Å². The van der Waals surface area contributed by atoms with Gasteiger partial charge in [-0.05, 0) is 17.7 Å². The maximum absolute atomic E-state index is 13.7. The Bertz CT molecular complexity index is 591. The first-order chi connectivity index (χ1) is 9.38. The summed E-state index contributed by atoms with van der Waals surface area (Å²) in [6, 6.07) is 1.83. The summed E-state index contributed by atoms with van der Waals surface area (Å²) in [7, 11) is -4.28. The number of rotatable bonds is 7. The molecule has 0 saturated carbocycles. The number of aliphatic hydroxyl groups excluding tert-OH is 1. The van der Waals surface area contributed by atoms with Gasteiger partial charge in [0.25, 0.3) is 0 Å². The zero-order valence-electron chi connectivity index (χ0n) is 10.7. The molecule has 8 heteroatoms. The van der Waals surface area contributed by atoms with Crippen LogP contribution in [0.25, 0.3) is 0 Å². The Balaban J connectivity index is 3.39. The maximum Gasteiger partial charge on any atom is 0.246 e. The Kier molecular flexibility index (Phi) is 5.75. The Morgan fingerprint density at radius 3 is 2.55 bits per heavy atom. The van der Waals surface area contributed by atoms with E-state index in [1.54, 1.807) is 0 Å². The molecule has 0 saturated heterocycles. The van der Waals surface area contributed by atoms with Crippen LogP contribution in [0.2, 0.25) is 0 Å². The molecular formula is C12H16F2N2O3S. The highest BCUT2D eigenvalue weighted by Crippen LogP contribution is 2.23. The normalized spacial score (nSPS) is 11.8. The highest BCUT2D eigenvalue weighted by molar-refractivity contribution is 7.89. The Hall–Kier alpha value is -1.35. The molecule has 0 atom stereocenters. The molecule has 1 aromatic carbocycles. The van der Waals surface area contributed by atoms with Crippen LogP contribution in [0.4, 0.5) is 8.78 Å². The molecule has 0 fully saturated rings. The Morgan fingerprint density at radius 2 is 2.05 bits per heavy atom. The molecular weight excluding hydrogens is 290 g/mol. The van der Waals surface area contributed by atoms with E-state index in [0.717, 1.165) is 16.4 Å². The van der Waals surface area contributed by atoms with Crippen LogP contribution in [0.15, 0.2) is 29.7 Å². The van der Waals surface area contributed by atoms with Gasteiger partial charge in [-0.1, -0.05) is 6.08 Å². The van der Waals surface area contributed by atoms with E-state index in [-0.39, 0.29) is 25.2 Å². The molecule has 0 radical (unpaired) electrons. The van der Waals surface area contributed by atoms with Crippen molar-refractivity contribution < 1.29 is 22.3 Å². The molecule has 0 heterocycles. The van der Waals surface area contributed by atoms with Crippen molar-refractivity contribution in [2.75, 3.05) is 19.7 Å². The largest absolute Gasteiger partial charge is 0.395 e. The minimum atomic E-state index is -4.28. The van der Waals surface area contributed by atoms with Crippen LogP contribution in [0.5, 0.6) is 0 Å². The van der Waals surface area contributed by atoms with Gasteiger partial charge in [-0.25, -0.2) is 17.2 Å². The fourth-order valence-corrected chi connectivity index (χ4v) is 3.15. The third-order valence-electron chi connectivity index (χ3n) is 2.59. The average molecular weight is 306 g/mol. The lowest BCUT2D eigenvalue weighted by molar-refractivity contribution is 0.260. The van der Waals surface area contributed by atoms with Crippen LogP contribution >= 0.6 is 0 Å². The number of halogens is 2. The molecule has 0 aliphatic rings. The molecule has 5 nitrogen and oxygen atoms in total. The first-order valence-electron chi connectivity index (χ1n) is 5.78. The zero-order valence-corrected chi connectivity index (χ0v) is 11.5. The smallest absolute Gasteiger partial charge is 0.246 e. The minimum absolute atomic E-state index is 0.124. The van der Waals surface area contributed by atoms with Gasteiger partial charge in [0.05, 0.1) is 6.61 Å². The topological polar surface area (TPSA) is 83.6 Å². The SMILES string of the molecule is C=CCN(CCO)S(=O)(=O)c1cc(CN)cc(F)c1F.